The molecule has 2 aliphatic rings. The van der Waals surface area contributed by atoms with Crippen LogP contribution in [0.4, 0.5) is 0 Å². The summed E-state index contributed by atoms with van der Waals surface area (Å²) in [5.74, 6) is 2.51. The molecule has 2 rings (SSSR count). The zero-order valence-electron chi connectivity index (χ0n) is 15.3. The van der Waals surface area contributed by atoms with Crippen molar-refractivity contribution >= 4 is 0 Å². The maximum atomic E-state index is 9.41. The van der Waals surface area contributed by atoms with Gasteiger partial charge in [0.2, 0.25) is 0 Å². The Hall–Kier alpha value is -0.120. The van der Waals surface area contributed by atoms with Gasteiger partial charge in [-0.25, -0.2) is 0 Å². The number of aliphatic hydroxyl groups is 1. The SMILES string of the molecule is CC(C)C1CCN(CCO)C(CC(C)(C)C2CCNCC2)C1. The van der Waals surface area contributed by atoms with E-state index in [1.165, 1.54) is 51.7 Å². The van der Waals surface area contributed by atoms with Crippen LogP contribution in [0, 0.1) is 23.2 Å². The molecule has 0 spiro atoms. The van der Waals surface area contributed by atoms with Crippen LogP contribution < -0.4 is 5.32 Å². The highest BCUT2D eigenvalue weighted by atomic mass is 16.3. The Kier molecular flexibility index (Phi) is 6.73. The maximum Gasteiger partial charge on any atom is 0.0558 e. The molecule has 2 atom stereocenters. The van der Waals surface area contributed by atoms with Crippen LogP contribution in [0.1, 0.15) is 59.8 Å². The van der Waals surface area contributed by atoms with Crippen molar-refractivity contribution in [2.24, 2.45) is 23.2 Å². The highest BCUT2D eigenvalue weighted by Gasteiger charge is 2.37. The highest BCUT2D eigenvalue weighted by molar-refractivity contribution is 4.90. The first kappa shape index (κ1) is 18.2. The number of nitrogens with zero attached hydrogens (tertiary/aromatic N) is 1. The van der Waals surface area contributed by atoms with Gasteiger partial charge in [-0.1, -0.05) is 27.7 Å². The number of hydrogen-bond donors (Lipinski definition) is 2. The van der Waals surface area contributed by atoms with Gasteiger partial charge in [0.25, 0.3) is 0 Å². The van der Waals surface area contributed by atoms with E-state index in [9.17, 15) is 5.11 Å². The molecule has 0 aromatic rings. The van der Waals surface area contributed by atoms with Gasteiger partial charge in [-0.15, -0.1) is 0 Å². The van der Waals surface area contributed by atoms with Gasteiger partial charge in [-0.05, 0) is 74.9 Å². The van der Waals surface area contributed by atoms with Gasteiger partial charge in [0.15, 0.2) is 0 Å². The predicted molar refractivity (Wildman–Crippen MR) is 94.0 cm³/mol. The van der Waals surface area contributed by atoms with Crippen molar-refractivity contribution in [2.75, 3.05) is 32.8 Å². The summed E-state index contributed by atoms with van der Waals surface area (Å²) >= 11 is 0. The van der Waals surface area contributed by atoms with Crippen molar-refractivity contribution in [1.29, 1.82) is 0 Å². The van der Waals surface area contributed by atoms with E-state index in [1.807, 2.05) is 0 Å². The topological polar surface area (TPSA) is 35.5 Å². The molecule has 0 radical (unpaired) electrons. The lowest BCUT2D eigenvalue weighted by molar-refractivity contribution is 0.0296. The summed E-state index contributed by atoms with van der Waals surface area (Å²) in [5.41, 5.74) is 0.416. The number of likely N-dealkylation sites (tertiary alicyclic amines) is 1. The van der Waals surface area contributed by atoms with Crippen molar-refractivity contribution in [2.45, 2.75) is 65.8 Å². The first-order valence-electron chi connectivity index (χ1n) is 9.49. The van der Waals surface area contributed by atoms with E-state index >= 15 is 0 Å². The number of piperidine rings is 2. The van der Waals surface area contributed by atoms with Gasteiger partial charge in [0, 0.05) is 12.6 Å². The third-order valence-corrected chi connectivity index (χ3v) is 6.41. The van der Waals surface area contributed by atoms with E-state index in [0.717, 1.165) is 24.3 Å². The summed E-state index contributed by atoms with van der Waals surface area (Å²) in [6.07, 6.45) is 6.58. The minimum Gasteiger partial charge on any atom is -0.395 e. The first-order chi connectivity index (χ1) is 10.4. The van der Waals surface area contributed by atoms with Crippen molar-refractivity contribution in [3.63, 3.8) is 0 Å². The number of aliphatic hydroxyl groups excluding tert-OH is 1. The minimum absolute atomic E-state index is 0.302. The van der Waals surface area contributed by atoms with Crippen LogP contribution in [0.5, 0.6) is 0 Å². The molecule has 2 unspecified atom stereocenters. The number of nitrogens with one attached hydrogen (secondary N) is 1. The first-order valence-corrected chi connectivity index (χ1v) is 9.49. The summed E-state index contributed by atoms with van der Waals surface area (Å²) in [4.78, 5) is 2.57. The van der Waals surface area contributed by atoms with Crippen LogP contribution in [0.2, 0.25) is 0 Å². The van der Waals surface area contributed by atoms with Gasteiger partial charge < -0.3 is 10.4 Å². The Morgan fingerprint density at radius 2 is 1.86 bits per heavy atom. The monoisotopic (exact) mass is 310 g/mol. The van der Waals surface area contributed by atoms with Crippen LogP contribution in [0.3, 0.4) is 0 Å². The quantitative estimate of drug-likeness (QED) is 0.791. The molecule has 0 saturated carbocycles. The Balaban J connectivity index is 2.00. The molecule has 2 fully saturated rings. The standard InChI is InChI=1S/C19H38N2O/c1-15(2)16-7-10-21(11-12-22)18(13-16)14-19(3,4)17-5-8-20-9-6-17/h15-18,20,22H,5-14H2,1-4H3. The van der Waals surface area contributed by atoms with Crippen molar-refractivity contribution in [3.05, 3.63) is 0 Å². The second-order valence-corrected chi connectivity index (χ2v) is 8.66. The molecular weight excluding hydrogens is 272 g/mol. The molecule has 2 N–H and O–H groups in total. The van der Waals surface area contributed by atoms with Gasteiger partial charge in [0.05, 0.1) is 6.61 Å². The molecule has 0 aromatic heterocycles. The summed E-state index contributed by atoms with van der Waals surface area (Å²) < 4.78 is 0. The van der Waals surface area contributed by atoms with Crippen LogP contribution in [0.25, 0.3) is 0 Å². The van der Waals surface area contributed by atoms with Crippen molar-refractivity contribution in [1.82, 2.24) is 10.2 Å². The Morgan fingerprint density at radius 3 is 2.45 bits per heavy atom. The van der Waals surface area contributed by atoms with Crippen LogP contribution in [-0.2, 0) is 0 Å². The lowest BCUT2D eigenvalue weighted by Gasteiger charge is -2.46. The van der Waals surface area contributed by atoms with Gasteiger partial charge in [0.1, 0.15) is 0 Å². The molecule has 0 amide bonds. The van der Waals surface area contributed by atoms with Gasteiger partial charge >= 0.3 is 0 Å². The van der Waals surface area contributed by atoms with E-state index in [-0.39, 0.29) is 0 Å². The van der Waals surface area contributed by atoms with E-state index in [2.05, 4.69) is 37.9 Å². The summed E-state index contributed by atoms with van der Waals surface area (Å²) in [6, 6.07) is 0.665. The van der Waals surface area contributed by atoms with E-state index in [0.29, 0.717) is 18.1 Å². The largest absolute Gasteiger partial charge is 0.395 e. The Labute approximate surface area is 137 Å². The van der Waals surface area contributed by atoms with Crippen LogP contribution in [-0.4, -0.2) is 48.8 Å². The normalized spacial score (nSPS) is 29.2. The fraction of sp³-hybridized carbons (Fsp3) is 1.00. The average molecular weight is 311 g/mol. The van der Waals surface area contributed by atoms with Crippen molar-refractivity contribution in [3.8, 4) is 0 Å². The molecule has 2 saturated heterocycles. The second-order valence-electron chi connectivity index (χ2n) is 8.66. The number of β-amino-alcohol motifs (C(OH)–C–C–N with tert-alkyl or cyclic N) is 1. The number of hydrogen-bond acceptors (Lipinski definition) is 3. The lowest BCUT2D eigenvalue weighted by Crippen LogP contribution is -2.48. The molecule has 2 aliphatic heterocycles. The molecule has 130 valence electrons. The fourth-order valence-corrected chi connectivity index (χ4v) is 4.75. The average Bonchev–Trinajstić information content (AvgIpc) is 2.49. The number of rotatable bonds is 6. The molecule has 2 heterocycles. The highest BCUT2D eigenvalue weighted by Crippen LogP contribution is 2.41. The smallest absolute Gasteiger partial charge is 0.0558 e. The Morgan fingerprint density at radius 1 is 1.18 bits per heavy atom. The van der Waals surface area contributed by atoms with Crippen LogP contribution >= 0.6 is 0 Å². The lowest BCUT2D eigenvalue weighted by atomic mass is 9.68. The van der Waals surface area contributed by atoms with E-state index in [4.69, 9.17) is 0 Å². The maximum absolute atomic E-state index is 9.41. The molecule has 0 aliphatic carbocycles. The van der Waals surface area contributed by atoms with Gasteiger partial charge in [-0.3, -0.25) is 4.90 Å². The molecular formula is C19H38N2O. The zero-order valence-corrected chi connectivity index (χ0v) is 15.3. The molecule has 3 nitrogen and oxygen atoms in total. The molecule has 0 bridgehead atoms. The summed E-state index contributed by atoms with van der Waals surface area (Å²) in [5, 5.41) is 12.9. The predicted octanol–water partition coefficient (Wildman–Crippen LogP) is 3.13. The van der Waals surface area contributed by atoms with Gasteiger partial charge in [-0.2, -0.15) is 0 Å². The summed E-state index contributed by atoms with van der Waals surface area (Å²) in [6.45, 7) is 14.4. The molecule has 3 heteroatoms. The van der Waals surface area contributed by atoms with Crippen molar-refractivity contribution < 1.29 is 5.11 Å². The summed E-state index contributed by atoms with van der Waals surface area (Å²) in [7, 11) is 0. The third kappa shape index (κ3) is 4.69. The zero-order chi connectivity index (χ0) is 16.2. The third-order valence-electron chi connectivity index (χ3n) is 6.41. The second kappa shape index (κ2) is 8.12. The molecule has 22 heavy (non-hydrogen) atoms. The minimum atomic E-state index is 0.302. The van der Waals surface area contributed by atoms with Crippen LogP contribution in [0.15, 0.2) is 0 Å². The Bertz CT molecular complexity index is 323. The van der Waals surface area contributed by atoms with E-state index < -0.39 is 0 Å². The van der Waals surface area contributed by atoms with E-state index in [1.54, 1.807) is 0 Å². The molecule has 0 aromatic carbocycles. The fourth-order valence-electron chi connectivity index (χ4n) is 4.75.